The van der Waals surface area contributed by atoms with Crippen molar-refractivity contribution in [2.75, 3.05) is 5.32 Å². The number of hydrogen-bond donors (Lipinski definition) is 2. The number of amides is 2. The fraction of sp³-hybridized carbons (Fsp3) is 0.333. The van der Waals surface area contributed by atoms with Crippen molar-refractivity contribution >= 4 is 17.7 Å². The van der Waals surface area contributed by atoms with E-state index in [9.17, 15) is 14.0 Å². The van der Waals surface area contributed by atoms with Gasteiger partial charge in [0.2, 0.25) is 5.91 Å². The summed E-state index contributed by atoms with van der Waals surface area (Å²) in [5, 5.41) is 5.40. The molecule has 0 bridgehead atoms. The molecular formula is C21H25FN2O3. The second-order valence-corrected chi connectivity index (χ2v) is 6.52. The molecule has 5 nitrogen and oxygen atoms in total. The Bertz CT molecular complexity index is 780. The number of benzene rings is 2. The Morgan fingerprint density at radius 2 is 1.85 bits per heavy atom. The molecule has 27 heavy (non-hydrogen) atoms. The van der Waals surface area contributed by atoms with Gasteiger partial charge in [0.1, 0.15) is 18.5 Å². The molecule has 0 heterocycles. The van der Waals surface area contributed by atoms with Crippen LogP contribution in [0.2, 0.25) is 0 Å². The average Bonchev–Trinajstić information content (AvgIpc) is 2.66. The largest absolute Gasteiger partial charge is 0.445 e. The molecule has 2 N–H and O–H groups in total. The van der Waals surface area contributed by atoms with Gasteiger partial charge in [-0.2, -0.15) is 0 Å². The Morgan fingerprint density at radius 3 is 2.48 bits per heavy atom. The molecule has 0 saturated carbocycles. The Labute approximate surface area is 158 Å². The lowest BCUT2D eigenvalue weighted by atomic mass is 9.98. The highest BCUT2D eigenvalue weighted by Crippen LogP contribution is 2.18. The maximum Gasteiger partial charge on any atom is 0.408 e. The molecule has 0 unspecified atom stereocenters. The molecule has 2 aromatic rings. The van der Waals surface area contributed by atoms with Crippen LogP contribution in [0, 0.1) is 18.7 Å². The van der Waals surface area contributed by atoms with Crippen LogP contribution in [-0.2, 0) is 16.1 Å². The van der Waals surface area contributed by atoms with Gasteiger partial charge < -0.3 is 15.4 Å². The van der Waals surface area contributed by atoms with Crippen LogP contribution in [0.3, 0.4) is 0 Å². The Balaban J connectivity index is 2.00. The zero-order valence-electron chi connectivity index (χ0n) is 15.8. The minimum Gasteiger partial charge on any atom is -0.445 e. The standard InChI is InChI=1S/C21H25FN2O3/c1-4-14(2)19(20(25)23-18-11-10-17(22)12-15(18)3)24-21(26)27-13-16-8-6-5-7-9-16/h5-12,14,19H,4,13H2,1-3H3,(H,23,25)(H,24,26)/t14-,19-/m0/s1. The van der Waals surface area contributed by atoms with Gasteiger partial charge >= 0.3 is 6.09 Å². The highest BCUT2D eigenvalue weighted by Gasteiger charge is 2.27. The zero-order valence-corrected chi connectivity index (χ0v) is 15.8. The van der Waals surface area contributed by atoms with E-state index in [2.05, 4.69) is 10.6 Å². The first-order valence-corrected chi connectivity index (χ1v) is 8.95. The topological polar surface area (TPSA) is 67.4 Å². The third kappa shape index (κ3) is 6.09. The number of nitrogens with one attached hydrogen (secondary N) is 2. The van der Waals surface area contributed by atoms with Crippen LogP contribution in [0.15, 0.2) is 48.5 Å². The molecule has 0 saturated heterocycles. The SMILES string of the molecule is CC[C@H](C)[C@H](NC(=O)OCc1ccccc1)C(=O)Nc1ccc(F)cc1C. The summed E-state index contributed by atoms with van der Waals surface area (Å²) >= 11 is 0. The Hall–Kier alpha value is -2.89. The lowest BCUT2D eigenvalue weighted by Gasteiger charge is -2.23. The van der Waals surface area contributed by atoms with E-state index in [-0.39, 0.29) is 24.2 Å². The van der Waals surface area contributed by atoms with Crippen molar-refractivity contribution in [2.45, 2.75) is 39.8 Å². The molecule has 0 fully saturated rings. The minimum absolute atomic E-state index is 0.102. The van der Waals surface area contributed by atoms with Gasteiger partial charge in [0, 0.05) is 5.69 Å². The van der Waals surface area contributed by atoms with Gasteiger partial charge in [-0.15, -0.1) is 0 Å². The Morgan fingerprint density at radius 1 is 1.15 bits per heavy atom. The van der Waals surface area contributed by atoms with Crippen molar-refractivity contribution in [3.63, 3.8) is 0 Å². The number of halogens is 1. The van der Waals surface area contributed by atoms with Gasteiger partial charge in [-0.25, -0.2) is 9.18 Å². The number of carbonyl (C=O) groups excluding carboxylic acids is 2. The van der Waals surface area contributed by atoms with E-state index in [4.69, 9.17) is 4.74 Å². The quantitative estimate of drug-likeness (QED) is 0.756. The molecule has 0 radical (unpaired) electrons. The van der Waals surface area contributed by atoms with Crippen molar-refractivity contribution < 1.29 is 18.7 Å². The van der Waals surface area contributed by atoms with E-state index in [0.717, 1.165) is 5.56 Å². The fourth-order valence-electron chi connectivity index (χ4n) is 2.57. The molecule has 2 amide bonds. The normalized spacial score (nSPS) is 12.7. The molecule has 0 aliphatic carbocycles. The number of alkyl carbamates (subject to hydrolysis) is 1. The molecular weight excluding hydrogens is 347 g/mol. The van der Waals surface area contributed by atoms with Crippen molar-refractivity contribution in [1.82, 2.24) is 5.32 Å². The van der Waals surface area contributed by atoms with E-state index in [1.165, 1.54) is 18.2 Å². The second kappa shape index (κ2) is 9.71. The number of carbonyl (C=O) groups is 2. The lowest BCUT2D eigenvalue weighted by molar-refractivity contribution is -0.119. The summed E-state index contributed by atoms with van der Waals surface area (Å²) in [5.74, 6) is -0.836. The summed E-state index contributed by atoms with van der Waals surface area (Å²) in [6, 6.07) is 12.7. The first kappa shape index (κ1) is 20.4. The third-order valence-corrected chi connectivity index (χ3v) is 4.43. The molecule has 2 rings (SSSR count). The van der Waals surface area contributed by atoms with Crippen LogP contribution in [0.4, 0.5) is 14.9 Å². The summed E-state index contributed by atoms with van der Waals surface area (Å²) in [4.78, 5) is 24.8. The number of anilines is 1. The van der Waals surface area contributed by atoms with E-state index >= 15 is 0 Å². The number of hydrogen-bond acceptors (Lipinski definition) is 3. The molecule has 6 heteroatoms. The number of rotatable bonds is 7. The van der Waals surface area contributed by atoms with Gasteiger partial charge in [0.05, 0.1) is 0 Å². The number of aryl methyl sites for hydroxylation is 1. The fourth-order valence-corrected chi connectivity index (χ4v) is 2.57. The summed E-state index contributed by atoms with van der Waals surface area (Å²) in [6.07, 6.45) is 0.0366. The highest BCUT2D eigenvalue weighted by atomic mass is 19.1. The van der Waals surface area contributed by atoms with E-state index < -0.39 is 12.1 Å². The van der Waals surface area contributed by atoms with Gasteiger partial charge in [0.15, 0.2) is 0 Å². The lowest BCUT2D eigenvalue weighted by Crippen LogP contribution is -2.47. The first-order valence-electron chi connectivity index (χ1n) is 8.95. The van der Waals surface area contributed by atoms with Crippen LogP contribution in [0.1, 0.15) is 31.4 Å². The number of ether oxygens (including phenoxy) is 1. The summed E-state index contributed by atoms with van der Waals surface area (Å²) in [5.41, 5.74) is 1.98. The van der Waals surface area contributed by atoms with Crippen LogP contribution < -0.4 is 10.6 Å². The van der Waals surface area contributed by atoms with Crippen LogP contribution in [-0.4, -0.2) is 18.0 Å². The zero-order chi connectivity index (χ0) is 19.8. The van der Waals surface area contributed by atoms with E-state index in [1.807, 2.05) is 44.2 Å². The average molecular weight is 372 g/mol. The molecule has 0 aliphatic heterocycles. The van der Waals surface area contributed by atoms with Crippen LogP contribution >= 0.6 is 0 Å². The van der Waals surface area contributed by atoms with Crippen molar-refractivity contribution in [1.29, 1.82) is 0 Å². The monoisotopic (exact) mass is 372 g/mol. The highest BCUT2D eigenvalue weighted by molar-refractivity contribution is 5.97. The maximum atomic E-state index is 13.2. The predicted octanol–water partition coefficient (Wildman–Crippen LogP) is 4.41. The molecule has 0 aliphatic rings. The van der Waals surface area contributed by atoms with Gasteiger partial charge in [0.25, 0.3) is 0 Å². The smallest absolute Gasteiger partial charge is 0.408 e. The first-order chi connectivity index (χ1) is 12.9. The molecule has 2 atom stereocenters. The third-order valence-electron chi connectivity index (χ3n) is 4.43. The van der Waals surface area contributed by atoms with Crippen molar-refractivity contribution in [3.8, 4) is 0 Å². The van der Waals surface area contributed by atoms with E-state index in [1.54, 1.807) is 6.92 Å². The maximum absolute atomic E-state index is 13.2. The summed E-state index contributed by atoms with van der Waals surface area (Å²) < 4.78 is 18.5. The molecule has 0 aromatic heterocycles. The summed E-state index contributed by atoms with van der Waals surface area (Å²) in [6.45, 7) is 5.64. The van der Waals surface area contributed by atoms with Crippen LogP contribution in [0.25, 0.3) is 0 Å². The summed E-state index contributed by atoms with van der Waals surface area (Å²) in [7, 11) is 0. The second-order valence-electron chi connectivity index (χ2n) is 6.52. The van der Waals surface area contributed by atoms with E-state index in [0.29, 0.717) is 17.7 Å². The minimum atomic E-state index is -0.761. The molecule has 144 valence electrons. The molecule has 2 aromatic carbocycles. The van der Waals surface area contributed by atoms with Gasteiger partial charge in [-0.1, -0.05) is 50.6 Å². The van der Waals surface area contributed by atoms with Crippen molar-refractivity contribution in [3.05, 3.63) is 65.5 Å². The van der Waals surface area contributed by atoms with Crippen molar-refractivity contribution in [2.24, 2.45) is 5.92 Å². The Kier molecular flexibility index (Phi) is 7.34. The van der Waals surface area contributed by atoms with Crippen LogP contribution in [0.5, 0.6) is 0 Å². The predicted molar refractivity (Wildman–Crippen MR) is 103 cm³/mol. The molecule has 0 spiro atoms. The van der Waals surface area contributed by atoms with Gasteiger partial charge in [-0.05, 0) is 42.2 Å². The van der Waals surface area contributed by atoms with Gasteiger partial charge in [-0.3, -0.25) is 4.79 Å².